The van der Waals surface area contributed by atoms with E-state index in [0.717, 1.165) is 52.3 Å². The summed E-state index contributed by atoms with van der Waals surface area (Å²) < 4.78 is 18.5. The highest BCUT2D eigenvalue weighted by molar-refractivity contribution is 9.10. The topological polar surface area (TPSA) is 52.7 Å². The molecule has 0 amide bonds. The maximum Gasteiger partial charge on any atom is 0.160 e. The Morgan fingerprint density at radius 3 is 2.69 bits per heavy atom. The van der Waals surface area contributed by atoms with Gasteiger partial charge in [-0.1, -0.05) is 0 Å². The zero-order valence-corrected chi connectivity index (χ0v) is 18.5. The van der Waals surface area contributed by atoms with E-state index in [-0.39, 0.29) is 5.78 Å². The Morgan fingerprint density at radius 1 is 1.24 bits per heavy atom. The van der Waals surface area contributed by atoms with Gasteiger partial charge in [0.25, 0.3) is 0 Å². The van der Waals surface area contributed by atoms with Crippen LogP contribution in [-0.2, 0) is 33.4 Å². The van der Waals surface area contributed by atoms with E-state index < -0.39 is 5.82 Å². The van der Waals surface area contributed by atoms with Crippen molar-refractivity contribution in [3.8, 4) is 11.3 Å². The Balaban J connectivity index is 1.63. The lowest BCUT2D eigenvalue weighted by Crippen LogP contribution is -2.05. The van der Waals surface area contributed by atoms with E-state index in [0.29, 0.717) is 11.1 Å². The van der Waals surface area contributed by atoms with Crippen LogP contribution >= 0.6 is 15.9 Å². The molecule has 0 unspecified atom stereocenters. The highest BCUT2D eigenvalue weighted by atomic mass is 79.9. The second-order valence-corrected chi connectivity index (χ2v) is 8.66. The van der Waals surface area contributed by atoms with Gasteiger partial charge in [-0.05, 0) is 84.6 Å². The molecule has 152 valence electrons. The van der Waals surface area contributed by atoms with E-state index >= 15 is 0 Å². The minimum absolute atomic E-state index is 0.161. The number of aryl methyl sites for hydroxylation is 3. The first kappa shape index (κ1) is 20.0. The maximum absolute atomic E-state index is 13.7. The van der Waals surface area contributed by atoms with Crippen molar-refractivity contribution in [2.24, 2.45) is 20.0 Å². The van der Waals surface area contributed by atoms with Gasteiger partial charge in [0.15, 0.2) is 5.78 Å². The molecule has 2 heterocycles. The van der Waals surface area contributed by atoms with Gasteiger partial charge in [0.05, 0.1) is 27.8 Å². The number of ketones is 1. The molecule has 0 bridgehead atoms. The van der Waals surface area contributed by atoms with E-state index in [2.05, 4.69) is 21.0 Å². The first-order valence-corrected chi connectivity index (χ1v) is 10.7. The molecule has 5 nitrogen and oxygen atoms in total. The molecule has 29 heavy (non-hydrogen) atoms. The third kappa shape index (κ3) is 4.06. The van der Waals surface area contributed by atoms with Gasteiger partial charge in [0.1, 0.15) is 5.82 Å². The fraction of sp³-hybridized carbons (Fsp3) is 0.409. The van der Waals surface area contributed by atoms with Crippen molar-refractivity contribution in [1.82, 2.24) is 19.6 Å². The highest BCUT2D eigenvalue weighted by Gasteiger charge is 2.26. The Kier molecular flexibility index (Phi) is 5.42. The van der Waals surface area contributed by atoms with E-state index in [1.807, 2.05) is 25.0 Å². The second kappa shape index (κ2) is 7.86. The number of aromatic nitrogens is 4. The quantitative estimate of drug-likeness (QED) is 0.483. The molecule has 0 atom stereocenters. The monoisotopic (exact) mass is 458 g/mol. The molecule has 1 aliphatic rings. The van der Waals surface area contributed by atoms with Crippen molar-refractivity contribution in [1.29, 1.82) is 0 Å². The van der Waals surface area contributed by atoms with Gasteiger partial charge in [0, 0.05) is 25.2 Å². The summed E-state index contributed by atoms with van der Waals surface area (Å²) in [5.74, 6) is 0.206. The lowest BCUT2D eigenvalue weighted by molar-refractivity contribution is 0.101. The van der Waals surface area contributed by atoms with Crippen LogP contribution in [0.3, 0.4) is 0 Å². The molecule has 4 rings (SSSR count). The zero-order chi connectivity index (χ0) is 20.7. The predicted octanol–water partition coefficient (Wildman–Crippen LogP) is 4.66. The summed E-state index contributed by atoms with van der Waals surface area (Å²) in [6.45, 7) is 1.46. The normalized spacial score (nSPS) is 13.8. The van der Waals surface area contributed by atoms with Gasteiger partial charge in [-0.3, -0.25) is 14.2 Å². The van der Waals surface area contributed by atoms with Crippen molar-refractivity contribution in [2.45, 2.75) is 39.0 Å². The van der Waals surface area contributed by atoms with E-state index in [1.165, 1.54) is 31.9 Å². The van der Waals surface area contributed by atoms with Crippen molar-refractivity contribution in [2.75, 3.05) is 0 Å². The first-order chi connectivity index (χ1) is 13.8. The third-order valence-corrected chi connectivity index (χ3v) is 6.52. The maximum atomic E-state index is 13.7. The SMILES string of the molecule is CC(=O)c1cc(F)ccc1-c1c(CCc2c(Br)c(CC3CC3)nn2C)cnn1C. The standard InChI is InChI=1S/C22H24BrFN4O/c1-13(29)18-11-16(24)7-8-17(18)22-15(12-25-28(22)3)6-9-20-21(23)19(26-27(20)2)10-14-4-5-14/h7-8,11-12,14H,4-6,9-10H2,1-3H3. The van der Waals surface area contributed by atoms with Gasteiger partial charge in [-0.2, -0.15) is 10.2 Å². The molecule has 0 N–H and O–H groups in total. The third-order valence-electron chi connectivity index (χ3n) is 5.61. The molecule has 0 spiro atoms. The summed E-state index contributed by atoms with van der Waals surface area (Å²) in [6.07, 6.45) is 7.01. The van der Waals surface area contributed by atoms with Crippen molar-refractivity contribution in [3.05, 3.63) is 57.2 Å². The highest BCUT2D eigenvalue weighted by Crippen LogP contribution is 2.35. The Morgan fingerprint density at radius 2 is 2.00 bits per heavy atom. The summed E-state index contributed by atoms with van der Waals surface area (Å²) >= 11 is 3.75. The summed E-state index contributed by atoms with van der Waals surface area (Å²) in [7, 11) is 3.83. The molecule has 0 aliphatic heterocycles. The van der Waals surface area contributed by atoms with Crippen LogP contribution in [0, 0.1) is 11.7 Å². The fourth-order valence-corrected chi connectivity index (χ4v) is 4.57. The van der Waals surface area contributed by atoms with Gasteiger partial charge in [0.2, 0.25) is 0 Å². The van der Waals surface area contributed by atoms with Gasteiger partial charge in [-0.25, -0.2) is 4.39 Å². The smallest absolute Gasteiger partial charge is 0.160 e. The van der Waals surface area contributed by atoms with Crippen LogP contribution in [0.4, 0.5) is 4.39 Å². The number of carbonyl (C=O) groups excluding carboxylic acids is 1. The van der Waals surface area contributed by atoms with Crippen molar-refractivity contribution < 1.29 is 9.18 Å². The number of rotatable bonds is 7. The molecule has 1 fully saturated rings. The van der Waals surface area contributed by atoms with Crippen LogP contribution in [0.5, 0.6) is 0 Å². The molecular weight excluding hydrogens is 435 g/mol. The van der Waals surface area contributed by atoms with E-state index in [9.17, 15) is 9.18 Å². The number of halogens is 2. The Bertz CT molecular complexity index is 1080. The van der Waals surface area contributed by atoms with Crippen LogP contribution in [0.1, 0.15) is 47.1 Å². The number of hydrogen-bond acceptors (Lipinski definition) is 3. The Hall–Kier alpha value is -2.28. The second-order valence-electron chi connectivity index (χ2n) is 7.87. The molecule has 7 heteroatoms. The Labute approximate surface area is 178 Å². The molecule has 2 aromatic heterocycles. The van der Waals surface area contributed by atoms with Gasteiger partial charge >= 0.3 is 0 Å². The molecule has 3 aromatic rings. The van der Waals surface area contributed by atoms with Crippen LogP contribution in [0.2, 0.25) is 0 Å². The van der Waals surface area contributed by atoms with E-state index in [4.69, 9.17) is 5.10 Å². The summed E-state index contributed by atoms with van der Waals surface area (Å²) in [4.78, 5) is 12.1. The van der Waals surface area contributed by atoms with Gasteiger partial charge in [-0.15, -0.1) is 0 Å². The average Bonchev–Trinajstić information content (AvgIpc) is 3.36. The van der Waals surface area contributed by atoms with Crippen LogP contribution < -0.4 is 0 Å². The lowest BCUT2D eigenvalue weighted by Gasteiger charge is -2.11. The molecule has 0 saturated heterocycles. The van der Waals surface area contributed by atoms with Crippen LogP contribution in [0.15, 0.2) is 28.9 Å². The first-order valence-electron chi connectivity index (χ1n) is 9.87. The fourth-order valence-electron chi connectivity index (χ4n) is 3.87. The van der Waals surface area contributed by atoms with Crippen molar-refractivity contribution >= 4 is 21.7 Å². The number of Topliss-reactive ketones (excluding diaryl/α,β-unsaturated/α-hetero) is 1. The largest absolute Gasteiger partial charge is 0.294 e. The summed E-state index contributed by atoms with van der Waals surface area (Å²) in [5.41, 5.74) is 5.26. The minimum Gasteiger partial charge on any atom is -0.294 e. The minimum atomic E-state index is -0.412. The van der Waals surface area contributed by atoms with E-state index in [1.54, 1.807) is 10.7 Å². The van der Waals surface area contributed by atoms with Gasteiger partial charge < -0.3 is 0 Å². The number of hydrogen-bond donors (Lipinski definition) is 0. The molecule has 0 radical (unpaired) electrons. The predicted molar refractivity (Wildman–Crippen MR) is 113 cm³/mol. The molecule has 1 aliphatic carbocycles. The molecule has 1 saturated carbocycles. The lowest BCUT2D eigenvalue weighted by atomic mass is 9.97. The summed E-state index contributed by atoms with van der Waals surface area (Å²) in [6, 6.07) is 4.36. The zero-order valence-electron chi connectivity index (χ0n) is 16.9. The molecule has 1 aromatic carbocycles. The van der Waals surface area contributed by atoms with Crippen LogP contribution in [0.25, 0.3) is 11.3 Å². The average molecular weight is 459 g/mol. The number of carbonyl (C=O) groups is 1. The number of benzene rings is 1. The summed E-state index contributed by atoms with van der Waals surface area (Å²) in [5, 5.41) is 9.10. The number of nitrogens with zero attached hydrogens (tertiary/aromatic N) is 4. The van der Waals surface area contributed by atoms with Crippen LogP contribution in [-0.4, -0.2) is 25.3 Å². The van der Waals surface area contributed by atoms with Crippen molar-refractivity contribution in [3.63, 3.8) is 0 Å². The molecular formula is C22H24BrFN4O.